The van der Waals surface area contributed by atoms with Crippen LogP contribution in [0.25, 0.3) is 0 Å². The number of aromatic nitrogens is 2. The van der Waals surface area contributed by atoms with Gasteiger partial charge in [-0.05, 0) is 12.8 Å². The SMILES string of the molecule is O=c1cc(N2CCOCC2)nc(C2CC2)[nH]1. The summed E-state index contributed by atoms with van der Waals surface area (Å²) in [6.07, 6.45) is 2.30. The van der Waals surface area contributed by atoms with Gasteiger partial charge in [0.1, 0.15) is 11.6 Å². The molecule has 0 aromatic carbocycles. The third-order valence-electron chi connectivity index (χ3n) is 3.05. The summed E-state index contributed by atoms with van der Waals surface area (Å²) in [5, 5.41) is 0. The summed E-state index contributed by atoms with van der Waals surface area (Å²) in [5.41, 5.74) is -0.0432. The van der Waals surface area contributed by atoms with Crippen LogP contribution in [0.1, 0.15) is 24.6 Å². The Morgan fingerprint density at radius 2 is 2.12 bits per heavy atom. The van der Waals surface area contributed by atoms with Gasteiger partial charge in [0.05, 0.1) is 13.2 Å². The second-order valence-electron chi connectivity index (χ2n) is 4.36. The van der Waals surface area contributed by atoms with Crippen molar-refractivity contribution >= 4 is 5.82 Å². The van der Waals surface area contributed by atoms with E-state index in [-0.39, 0.29) is 5.56 Å². The lowest BCUT2D eigenvalue weighted by Crippen LogP contribution is -2.37. The first-order valence-corrected chi connectivity index (χ1v) is 5.77. The van der Waals surface area contributed by atoms with Crippen LogP contribution in [0.4, 0.5) is 5.82 Å². The van der Waals surface area contributed by atoms with Crippen LogP contribution in [0.3, 0.4) is 0 Å². The highest BCUT2D eigenvalue weighted by Gasteiger charge is 2.27. The normalized spacial score (nSPS) is 21.1. The predicted octanol–water partition coefficient (Wildman–Crippen LogP) is 0.484. The van der Waals surface area contributed by atoms with E-state index in [4.69, 9.17) is 4.74 Å². The first-order chi connectivity index (χ1) is 7.83. The lowest BCUT2D eigenvalue weighted by atomic mass is 10.3. The molecule has 1 aliphatic heterocycles. The molecule has 2 heterocycles. The van der Waals surface area contributed by atoms with Gasteiger partial charge in [0.2, 0.25) is 0 Å². The van der Waals surface area contributed by atoms with Crippen molar-refractivity contribution in [1.29, 1.82) is 0 Å². The Morgan fingerprint density at radius 1 is 1.38 bits per heavy atom. The van der Waals surface area contributed by atoms with E-state index in [9.17, 15) is 4.79 Å². The van der Waals surface area contributed by atoms with Gasteiger partial charge in [-0.25, -0.2) is 4.98 Å². The maximum absolute atomic E-state index is 11.5. The van der Waals surface area contributed by atoms with E-state index in [0.717, 1.165) is 37.6 Å². The molecule has 0 bridgehead atoms. The average Bonchev–Trinajstić information content (AvgIpc) is 3.13. The Bertz CT molecular complexity index is 433. The minimum Gasteiger partial charge on any atom is -0.378 e. The Morgan fingerprint density at radius 3 is 2.81 bits per heavy atom. The van der Waals surface area contributed by atoms with E-state index in [1.807, 2.05) is 0 Å². The molecule has 1 saturated heterocycles. The number of nitrogens with zero attached hydrogens (tertiary/aromatic N) is 2. The third kappa shape index (κ3) is 1.95. The van der Waals surface area contributed by atoms with Gasteiger partial charge in [0.15, 0.2) is 0 Å². The second-order valence-corrected chi connectivity index (χ2v) is 4.36. The number of anilines is 1. The summed E-state index contributed by atoms with van der Waals surface area (Å²) in [4.78, 5) is 21.0. The van der Waals surface area contributed by atoms with E-state index in [2.05, 4.69) is 14.9 Å². The van der Waals surface area contributed by atoms with Gasteiger partial charge in [-0.2, -0.15) is 0 Å². The van der Waals surface area contributed by atoms with Crippen LogP contribution in [0, 0.1) is 0 Å². The van der Waals surface area contributed by atoms with E-state index < -0.39 is 0 Å². The van der Waals surface area contributed by atoms with Crippen molar-refractivity contribution < 1.29 is 4.74 Å². The van der Waals surface area contributed by atoms with Gasteiger partial charge < -0.3 is 14.6 Å². The molecule has 1 aliphatic carbocycles. The van der Waals surface area contributed by atoms with Crippen LogP contribution in [-0.4, -0.2) is 36.3 Å². The zero-order valence-electron chi connectivity index (χ0n) is 9.11. The molecule has 0 atom stereocenters. The Balaban J connectivity index is 1.89. The zero-order valence-corrected chi connectivity index (χ0v) is 9.11. The lowest BCUT2D eigenvalue weighted by Gasteiger charge is -2.27. The fourth-order valence-electron chi connectivity index (χ4n) is 1.97. The van der Waals surface area contributed by atoms with Gasteiger partial charge >= 0.3 is 0 Å². The summed E-state index contributed by atoms with van der Waals surface area (Å²) in [6.45, 7) is 3.07. The number of hydrogen-bond donors (Lipinski definition) is 1. The van der Waals surface area contributed by atoms with Gasteiger partial charge in [-0.15, -0.1) is 0 Å². The number of aromatic amines is 1. The van der Waals surface area contributed by atoms with Crippen molar-refractivity contribution in [2.24, 2.45) is 0 Å². The van der Waals surface area contributed by atoms with Crippen molar-refractivity contribution in [2.75, 3.05) is 31.2 Å². The molecule has 1 aromatic rings. The fraction of sp³-hybridized carbons (Fsp3) is 0.636. The van der Waals surface area contributed by atoms with Gasteiger partial charge in [-0.3, -0.25) is 4.79 Å². The van der Waals surface area contributed by atoms with Gasteiger partial charge in [0.25, 0.3) is 5.56 Å². The molecular formula is C11H15N3O2. The smallest absolute Gasteiger partial charge is 0.252 e. The molecule has 2 aliphatic rings. The molecule has 0 radical (unpaired) electrons. The molecule has 5 nitrogen and oxygen atoms in total. The minimum absolute atomic E-state index is 0.0432. The van der Waals surface area contributed by atoms with Crippen LogP contribution in [-0.2, 0) is 4.74 Å². The zero-order chi connectivity index (χ0) is 11.0. The van der Waals surface area contributed by atoms with Crippen molar-refractivity contribution in [1.82, 2.24) is 9.97 Å². The predicted molar refractivity (Wildman–Crippen MR) is 59.9 cm³/mol. The summed E-state index contributed by atoms with van der Waals surface area (Å²) in [6, 6.07) is 1.58. The maximum atomic E-state index is 11.5. The Labute approximate surface area is 93.4 Å². The average molecular weight is 221 g/mol. The van der Waals surface area contributed by atoms with E-state index in [0.29, 0.717) is 19.1 Å². The molecular weight excluding hydrogens is 206 g/mol. The van der Waals surface area contributed by atoms with Crippen LogP contribution in [0.2, 0.25) is 0 Å². The maximum Gasteiger partial charge on any atom is 0.252 e. The molecule has 2 fully saturated rings. The number of nitrogens with one attached hydrogen (secondary N) is 1. The molecule has 1 N–H and O–H groups in total. The molecule has 3 rings (SSSR count). The molecule has 1 aromatic heterocycles. The van der Waals surface area contributed by atoms with Crippen LogP contribution < -0.4 is 10.5 Å². The van der Waals surface area contributed by atoms with Crippen molar-refractivity contribution in [3.63, 3.8) is 0 Å². The lowest BCUT2D eigenvalue weighted by molar-refractivity contribution is 0.122. The van der Waals surface area contributed by atoms with Crippen molar-refractivity contribution in [3.8, 4) is 0 Å². The largest absolute Gasteiger partial charge is 0.378 e. The summed E-state index contributed by atoms with van der Waals surface area (Å²) in [5.74, 6) is 2.14. The monoisotopic (exact) mass is 221 g/mol. The standard InChI is InChI=1S/C11H15N3O2/c15-10-7-9(14-3-5-16-6-4-14)12-11(13-10)8-1-2-8/h7-8H,1-6H2,(H,12,13,15). The molecule has 86 valence electrons. The summed E-state index contributed by atoms with van der Waals surface area (Å²) in [7, 11) is 0. The first-order valence-electron chi connectivity index (χ1n) is 5.77. The van der Waals surface area contributed by atoms with Crippen LogP contribution in [0.15, 0.2) is 10.9 Å². The topological polar surface area (TPSA) is 58.2 Å². The highest BCUT2D eigenvalue weighted by molar-refractivity contribution is 5.38. The number of H-pyrrole nitrogens is 1. The molecule has 0 unspecified atom stereocenters. The van der Waals surface area contributed by atoms with E-state index in [1.54, 1.807) is 6.07 Å². The Hall–Kier alpha value is -1.36. The van der Waals surface area contributed by atoms with Crippen molar-refractivity contribution in [3.05, 3.63) is 22.2 Å². The highest BCUT2D eigenvalue weighted by Crippen LogP contribution is 2.37. The summed E-state index contributed by atoms with van der Waals surface area (Å²) >= 11 is 0. The molecule has 0 spiro atoms. The number of ether oxygens (including phenoxy) is 1. The Kier molecular flexibility index (Phi) is 2.40. The van der Waals surface area contributed by atoms with E-state index in [1.165, 1.54) is 0 Å². The molecule has 1 saturated carbocycles. The van der Waals surface area contributed by atoms with Gasteiger partial charge in [0, 0.05) is 25.1 Å². The number of rotatable bonds is 2. The third-order valence-corrected chi connectivity index (χ3v) is 3.05. The highest BCUT2D eigenvalue weighted by atomic mass is 16.5. The minimum atomic E-state index is -0.0432. The van der Waals surface area contributed by atoms with Crippen LogP contribution >= 0.6 is 0 Å². The van der Waals surface area contributed by atoms with Gasteiger partial charge in [-0.1, -0.05) is 0 Å². The second kappa shape index (κ2) is 3.90. The summed E-state index contributed by atoms with van der Waals surface area (Å²) < 4.78 is 5.29. The molecule has 16 heavy (non-hydrogen) atoms. The quantitative estimate of drug-likeness (QED) is 0.789. The molecule has 0 amide bonds. The molecule has 5 heteroatoms. The van der Waals surface area contributed by atoms with E-state index >= 15 is 0 Å². The number of morpholine rings is 1. The van der Waals surface area contributed by atoms with Crippen molar-refractivity contribution in [2.45, 2.75) is 18.8 Å². The first kappa shape index (κ1) is 9.84. The van der Waals surface area contributed by atoms with Crippen LogP contribution in [0.5, 0.6) is 0 Å². The fourth-order valence-corrected chi connectivity index (χ4v) is 1.97. The number of hydrogen-bond acceptors (Lipinski definition) is 4.